The number of guanidine groups is 1. The number of hydrogen-bond donors (Lipinski definition) is 2. The molecular weight excluding hydrogens is 363 g/mol. The van der Waals surface area contributed by atoms with Gasteiger partial charge in [-0.15, -0.1) is 0 Å². The fourth-order valence-corrected chi connectivity index (χ4v) is 2.04. The molecule has 0 saturated carbocycles. The zero-order valence-corrected chi connectivity index (χ0v) is 15.8. The fourth-order valence-electron chi connectivity index (χ4n) is 2.04. The second kappa shape index (κ2) is 13.2. The van der Waals surface area contributed by atoms with E-state index in [-0.39, 0.29) is 5.75 Å². The molecule has 0 heterocycles. The molecule has 6 nitrogen and oxygen atoms in total. The van der Waals surface area contributed by atoms with Gasteiger partial charge in [-0.05, 0) is 31.0 Å². The Morgan fingerprint density at radius 1 is 1.15 bits per heavy atom. The van der Waals surface area contributed by atoms with Crippen molar-refractivity contribution in [2.24, 2.45) is 4.99 Å². The first-order valence-corrected chi connectivity index (χ1v) is 8.82. The number of methoxy groups -OCH3 is 1. The summed E-state index contributed by atoms with van der Waals surface area (Å²) in [4.78, 5) is 4.44. The Hall–Kier alpha value is -2.00. The predicted octanol–water partition coefficient (Wildman–Crippen LogP) is 2.74. The number of ether oxygens (including phenoxy) is 3. The third-order valence-corrected chi connectivity index (χ3v) is 3.25. The Morgan fingerprint density at radius 2 is 1.96 bits per heavy atom. The first-order valence-electron chi connectivity index (χ1n) is 8.82. The molecule has 1 rings (SSSR count). The molecule has 0 aliphatic heterocycles. The number of nitrogens with zero attached hydrogens (tertiary/aromatic N) is 1. The lowest BCUT2D eigenvalue weighted by atomic mass is 10.2. The molecule has 0 atom stereocenters. The number of halogens is 3. The van der Waals surface area contributed by atoms with Crippen molar-refractivity contribution in [1.29, 1.82) is 0 Å². The number of aliphatic imine (C=N–C) groups is 1. The quantitative estimate of drug-likeness (QED) is 0.326. The molecule has 0 fully saturated rings. The van der Waals surface area contributed by atoms with E-state index in [1.807, 2.05) is 6.92 Å². The lowest BCUT2D eigenvalue weighted by molar-refractivity contribution is -0.153. The highest BCUT2D eigenvalue weighted by molar-refractivity contribution is 5.79. The molecule has 27 heavy (non-hydrogen) atoms. The molecule has 0 radical (unpaired) electrons. The summed E-state index contributed by atoms with van der Waals surface area (Å²) in [5.41, 5.74) is 0.759. The number of hydrogen-bond acceptors (Lipinski definition) is 4. The third-order valence-electron chi connectivity index (χ3n) is 3.25. The molecule has 154 valence electrons. The Balaban J connectivity index is 2.45. The molecule has 0 aliphatic rings. The fraction of sp³-hybridized carbons (Fsp3) is 0.611. The smallest absolute Gasteiger partial charge is 0.422 e. The normalized spacial score (nSPS) is 12.1. The van der Waals surface area contributed by atoms with Crippen LogP contribution in [0.3, 0.4) is 0 Å². The molecule has 1 aromatic carbocycles. The average molecular weight is 391 g/mol. The van der Waals surface area contributed by atoms with Crippen LogP contribution in [0.15, 0.2) is 29.3 Å². The van der Waals surface area contributed by atoms with Crippen LogP contribution in [0.25, 0.3) is 0 Å². The van der Waals surface area contributed by atoms with Crippen LogP contribution in [0.1, 0.15) is 18.9 Å². The third kappa shape index (κ3) is 12.1. The predicted molar refractivity (Wildman–Crippen MR) is 98.1 cm³/mol. The number of nitrogens with one attached hydrogen (secondary N) is 2. The van der Waals surface area contributed by atoms with E-state index in [9.17, 15) is 13.2 Å². The van der Waals surface area contributed by atoms with Crippen LogP contribution in [0.2, 0.25) is 0 Å². The summed E-state index contributed by atoms with van der Waals surface area (Å²) in [7, 11) is 1.63. The first kappa shape index (κ1) is 23.0. The summed E-state index contributed by atoms with van der Waals surface area (Å²) in [6.45, 7) is 4.11. The van der Waals surface area contributed by atoms with Gasteiger partial charge in [0.25, 0.3) is 0 Å². The topological polar surface area (TPSA) is 64.1 Å². The number of benzene rings is 1. The van der Waals surface area contributed by atoms with Crippen LogP contribution in [-0.2, 0) is 16.0 Å². The summed E-state index contributed by atoms with van der Waals surface area (Å²) in [6.07, 6.45) is -3.54. The summed E-state index contributed by atoms with van der Waals surface area (Å²) in [6, 6.07) is 6.49. The van der Waals surface area contributed by atoms with Gasteiger partial charge >= 0.3 is 6.18 Å². The van der Waals surface area contributed by atoms with Gasteiger partial charge in [0.1, 0.15) is 5.75 Å². The largest absolute Gasteiger partial charge is 0.484 e. The summed E-state index contributed by atoms with van der Waals surface area (Å²) < 4.78 is 51.8. The SMILES string of the molecule is CCNC(=NCc1cccc(OCC(F)(F)F)c1)NCCCOCCOC. The lowest BCUT2D eigenvalue weighted by Gasteiger charge is -2.12. The summed E-state index contributed by atoms with van der Waals surface area (Å²) in [5, 5.41) is 6.31. The minimum absolute atomic E-state index is 0.172. The Kier molecular flexibility index (Phi) is 11.3. The van der Waals surface area contributed by atoms with Gasteiger partial charge in [0, 0.05) is 26.8 Å². The zero-order chi connectivity index (χ0) is 20.0. The van der Waals surface area contributed by atoms with E-state index in [0.717, 1.165) is 12.0 Å². The van der Waals surface area contributed by atoms with Gasteiger partial charge in [-0.3, -0.25) is 0 Å². The van der Waals surface area contributed by atoms with Crippen LogP contribution in [-0.4, -0.2) is 58.8 Å². The molecule has 0 unspecified atom stereocenters. The standard InChI is InChI=1S/C18H28F3N3O3/c1-3-22-17(23-8-5-9-26-11-10-25-2)24-13-15-6-4-7-16(12-15)27-14-18(19,20)21/h4,6-7,12H,3,5,8-11,13-14H2,1-2H3,(H2,22,23,24). The maximum absolute atomic E-state index is 12.2. The number of alkyl halides is 3. The molecule has 0 bridgehead atoms. The van der Waals surface area contributed by atoms with Gasteiger partial charge < -0.3 is 24.8 Å². The van der Waals surface area contributed by atoms with Crippen molar-refractivity contribution in [3.8, 4) is 5.75 Å². The molecule has 0 amide bonds. The molecule has 0 aliphatic carbocycles. The summed E-state index contributed by atoms with van der Waals surface area (Å²) >= 11 is 0. The average Bonchev–Trinajstić information content (AvgIpc) is 2.63. The molecule has 0 saturated heterocycles. The van der Waals surface area contributed by atoms with Gasteiger partial charge in [-0.25, -0.2) is 4.99 Å². The van der Waals surface area contributed by atoms with E-state index in [2.05, 4.69) is 15.6 Å². The van der Waals surface area contributed by atoms with Crippen molar-refractivity contribution in [2.75, 3.05) is 46.6 Å². The van der Waals surface area contributed by atoms with E-state index in [1.165, 1.54) is 6.07 Å². The van der Waals surface area contributed by atoms with Gasteiger partial charge in [0.15, 0.2) is 12.6 Å². The van der Waals surface area contributed by atoms with Gasteiger partial charge in [0.05, 0.1) is 19.8 Å². The van der Waals surface area contributed by atoms with E-state index in [4.69, 9.17) is 14.2 Å². The van der Waals surface area contributed by atoms with Crippen LogP contribution < -0.4 is 15.4 Å². The molecular formula is C18H28F3N3O3. The highest BCUT2D eigenvalue weighted by atomic mass is 19.4. The van der Waals surface area contributed by atoms with Crippen molar-refractivity contribution < 1.29 is 27.4 Å². The van der Waals surface area contributed by atoms with Gasteiger partial charge in [0.2, 0.25) is 0 Å². The Morgan fingerprint density at radius 3 is 2.67 bits per heavy atom. The van der Waals surface area contributed by atoms with Crippen LogP contribution in [0, 0.1) is 0 Å². The molecule has 2 N–H and O–H groups in total. The van der Waals surface area contributed by atoms with E-state index in [1.54, 1.807) is 25.3 Å². The minimum Gasteiger partial charge on any atom is -0.484 e. The van der Waals surface area contributed by atoms with E-state index >= 15 is 0 Å². The van der Waals surface area contributed by atoms with E-state index in [0.29, 0.717) is 45.4 Å². The second-order valence-electron chi connectivity index (χ2n) is 5.63. The monoisotopic (exact) mass is 391 g/mol. The lowest BCUT2D eigenvalue weighted by Crippen LogP contribution is -2.38. The molecule has 9 heteroatoms. The maximum Gasteiger partial charge on any atom is 0.422 e. The zero-order valence-electron chi connectivity index (χ0n) is 15.8. The van der Waals surface area contributed by atoms with E-state index < -0.39 is 12.8 Å². The first-order chi connectivity index (χ1) is 12.9. The minimum atomic E-state index is -4.36. The Labute approximate surface area is 158 Å². The highest BCUT2D eigenvalue weighted by Gasteiger charge is 2.28. The van der Waals surface area contributed by atoms with Crippen LogP contribution in [0.5, 0.6) is 5.75 Å². The Bertz CT molecular complexity index is 554. The van der Waals surface area contributed by atoms with Crippen molar-refractivity contribution in [3.63, 3.8) is 0 Å². The summed E-state index contributed by atoms with van der Waals surface area (Å²) in [5.74, 6) is 0.808. The van der Waals surface area contributed by atoms with Crippen molar-refractivity contribution >= 4 is 5.96 Å². The second-order valence-corrected chi connectivity index (χ2v) is 5.63. The molecule has 0 spiro atoms. The number of rotatable bonds is 12. The van der Waals surface area contributed by atoms with Crippen LogP contribution in [0.4, 0.5) is 13.2 Å². The van der Waals surface area contributed by atoms with Crippen molar-refractivity contribution in [3.05, 3.63) is 29.8 Å². The van der Waals surface area contributed by atoms with Gasteiger partial charge in [-0.2, -0.15) is 13.2 Å². The van der Waals surface area contributed by atoms with Crippen LogP contribution >= 0.6 is 0 Å². The highest BCUT2D eigenvalue weighted by Crippen LogP contribution is 2.19. The maximum atomic E-state index is 12.2. The van der Waals surface area contributed by atoms with Crippen molar-refractivity contribution in [2.45, 2.75) is 26.1 Å². The molecule has 0 aromatic heterocycles. The van der Waals surface area contributed by atoms with Gasteiger partial charge in [-0.1, -0.05) is 12.1 Å². The molecule has 1 aromatic rings. The van der Waals surface area contributed by atoms with Crippen molar-refractivity contribution in [1.82, 2.24) is 10.6 Å².